The molecule has 1 N–H and O–H groups in total. The number of benzene rings is 1. The van der Waals surface area contributed by atoms with Crippen LogP contribution < -0.4 is 5.32 Å². The Hall–Kier alpha value is -3.22. The average molecular weight is 439 g/mol. The van der Waals surface area contributed by atoms with Crippen molar-refractivity contribution in [3.8, 4) is 0 Å². The van der Waals surface area contributed by atoms with Gasteiger partial charge < -0.3 is 14.8 Å². The number of carbonyl (C=O) groups excluding carboxylic acids is 2. The van der Waals surface area contributed by atoms with Gasteiger partial charge in [0.25, 0.3) is 11.8 Å². The van der Waals surface area contributed by atoms with E-state index in [4.69, 9.17) is 0 Å². The zero-order valence-electron chi connectivity index (χ0n) is 19.1. The number of hydrogen-bond acceptors (Lipinski definition) is 3. The number of amides is 2. The maximum atomic E-state index is 14.5. The van der Waals surface area contributed by atoms with Crippen molar-refractivity contribution in [2.45, 2.75) is 32.2 Å². The van der Waals surface area contributed by atoms with E-state index >= 15 is 0 Å². The van der Waals surface area contributed by atoms with Crippen LogP contribution >= 0.6 is 0 Å². The van der Waals surface area contributed by atoms with Crippen molar-refractivity contribution >= 4 is 17.5 Å². The van der Waals surface area contributed by atoms with Gasteiger partial charge in [-0.3, -0.25) is 14.6 Å². The molecule has 0 aliphatic carbocycles. The molecular formula is C25H31FN4O2. The summed E-state index contributed by atoms with van der Waals surface area (Å²) in [6.45, 7) is 4.68. The molecule has 0 saturated carbocycles. The Kier molecular flexibility index (Phi) is 7.62. The second-order valence-corrected chi connectivity index (χ2v) is 8.41. The van der Waals surface area contributed by atoms with Crippen LogP contribution in [0.1, 0.15) is 42.2 Å². The number of rotatable bonds is 8. The zero-order chi connectivity index (χ0) is 23.3. The van der Waals surface area contributed by atoms with E-state index in [0.717, 1.165) is 5.56 Å². The van der Waals surface area contributed by atoms with Gasteiger partial charge in [0.2, 0.25) is 0 Å². The van der Waals surface area contributed by atoms with E-state index in [1.54, 1.807) is 22.6 Å². The zero-order valence-corrected chi connectivity index (χ0v) is 19.1. The second kappa shape index (κ2) is 10.4. The van der Waals surface area contributed by atoms with Gasteiger partial charge in [-0.25, -0.2) is 4.39 Å². The molecule has 1 aromatic heterocycles. The van der Waals surface area contributed by atoms with Gasteiger partial charge in [0.15, 0.2) is 5.71 Å². The molecule has 7 heteroatoms. The first-order valence-electron chi connectivity index (χ1n) is 10.9. The molecule has 0 spiro atoms. The van der Waals surface area contributed by atoms with Gasteiger partial charge in [-0.1, -0.05) is 44.2 Å². The van der Waals surface area contributed by atoms with Crippen molar-refractivity contribution in [2.24, 2.45) is 18.0 Å². The molecule has 3 atom stereocenters. The van der Waals surface area contributed by atoms with E-state index < -0.39 is 11.7 Å². The number of nitrogens with one attached hydrogen (secondary N) is 1. The van der Waals surface area contributed by atoms with Crippen molar-refractivity contribution in [3.05, 3.63) is 71.8 Å². The number of hydrogen-bond donors (Lipinski definition) is 1. The quantitative estimate of drug-likeness (QED) is 0.683. The number of nitrogens with zero attached hydrogens (tertiary/aromatic N) is 3. The lowest BCUT2D eigenvalue weighted by atomic mass is 9.90. The third kappa shape index (κ3) is 5.33. The highest BCUT2D eigenvalue weighted by Crippen LogP contribution is 2.26. The fourth-order valence-corrected chi connectivity index (χ4v) is 4.06. The molecule has 170 valence electrons. The van der Waals surface area contributed by atoms with Crippen LogP contribution in [0, 0.1) is 5.92 Å². The number of carbonyl (C=O) groups is 2. The van der Waals surface area contributed by atoms with Gasteiger partial charge in [-0.15, -0.1) is 0 Å². The molecule has 2 amide bonds. The molecule has 0 bridgehead atoms. The predicted octanol–water partition coefficient (Wildman–Crippen LogP) is 3.72. The van der Waals surface area contributed by atoms with Gasteiger partial charge in [-0.2, -0.15) is 0 Å². The SMILES string of the molecule is CC1C=C(F)C(C(=O)N(C)C(CCNC(=O)c2cccn2C)C(C)c2ccccc2)=NC1. The normalized spacial score (nSPS) is 17.7. The first kappa shape index (κ1) is 23.4. The number of aromatic nitrogens is 1. The summed E-state index contributed by atoms with van der Waals surface area (Å²) in [5.41, 5.74) is 1.52. The minimum atomic E-state index is -0.566. The molecule has 0 radical (unpaired) electrons. The Morgan fingerprint density at radius 1 is 1.25 bits per heavy atom. The minimum absolute atomic E-state index is 0.0211. The van der Waals surface area contributed by atoms with E-state index in [1.165, 1.54) is 6.08 Å². The fourth-order valence-electron chi connectivity index (χ4n) is 4.06. The highest BCUT2D eigenvalue weighted by atomic mass is 19.1. The molecule has 3 rings (SSSR count). The lowest BCUT2D eigenvalue weighted by Gasteiger charge is -2.34. The third-order valence-electron chi connectivity index (χ3n) is 6.02. The molecule has 2 heterocycles. The van der Waals surface area contributed by atoms with Gasteiger partial charge in [-0.05, 0) is 36.1 Å². The fraction of sp³-hybridized carbons (Fsp3) is 0.400. The highest BCUT2D eigenvalue weighted by molar-refractivity contribution is 6.44. The molecule has 2 aromatic rings. The largest absolute Gasteiger partial charge is 0.351 e. The van der Waals surface area contributed by atoms with Gasteiger partial charge in [0.05, 0.1) is 0 Å². The van der Waals surface area contributed by atoms with Gasteiger partial charge >= 0.3 is 0 Å². The smallest absolute Gasteiger partial charge is 0.275 e. The lowest BCUT2D eigenvalue weighted by molar-refractivity contribution is -0.125. The van der Waals surface area contributed by atoms with E-state index in [0.29, 0.717) is 25.2 Å². The van der Waals surface area contributed by atoms with Crippen molar-refractivity contribution in [1.82, 2.24) is 14.8 Å². The van der Waals surface area contributed by atoms with Gasteiger partial charge in [0, 0.05) is 45.3 Å². The Labute approximate surface area is 188 Å². The summed E-state index contributed by atoms with van der Waals surface area (Å²) in [5, 5.41) is 2.94. The monoisotopic (exact) mass is 438 g/mol. The summed E-state index contributed by atoms with van der Waals surface area (Å²) in [7, 11) is 3.49. The third-order valence-corrected chi connectivity index (χ3v) is 6.02. The summed E-state index contributed by atoms with van der Waals surface area (Å²) >= 11 is 0. The molecule has 6 nitrogen and oxygen atoms in total. The first-order chi connectivity index (χ1) is 15.3. The number of halogens is 1. The Bertz CT molecular complexity index is 1010. The van der Waals surface area contributed by atoms with E-state index in [-0.39, 0.29) is 29.5 Å². The van der Waals surface area contributed by atoms with Crippen molar-refractivity contribution in [2.75, 3.05) is 20.1 Å². The molecule has 3 unspecified atom stereocenters. The molecule has 1 aromatic carbocycles. The van der Waals surface area contributed by atoms with Crippen LogP contribution in [0.5, 0.6) is 0 Å². The molecule has 1 aliphatic heterocycles. The van der Waals surface area contributed by atoms with E-state index in [2.05, 4.69) is 10.3 Å². The van der Waals surface area contributed by atoms with Crippen molar-refractivity contribution in [3.63, 3.8) is 0 Å². The number of aliphatic imine (C=N–C) groups is 1. The summed E-state index contributed by atoms with van der Waals surface area (Å²) in [4.78, 5) is 31.4. The van der Waals surface area contributed by atoms with Crippen LogP contribution in [-0.2, 0) is 11.8 Å². The molecule has 32 heavy (non-hydrogen) atoms. The topological polar surface area (TPSA) is 66.7 Å². The Morgan fingerprint density at radius 2 is 1.97 bits per heavy atom. The number of dihydropyridines is 1. The summed E-state index contributed by atoms with van der Waals surface area (Å²) < 4.78 is 16.2. The first-order valence-corrected chi connectivity index (χ1v) is 10.9. The van der Waals surface area contributed by atoms with Crippen molar-refractivity contribution < 1.29 is 14.0 Å². The summed E-state index contributed by atoms with van der Waals surface area (Å²) in [5.74, 6) is -1.22. The maximum absolute atomic E-state index is 14.5. The van der Waals surface area contributed by atoms with Crippen LogP contribution in [-0.4, -0.2) is 53.2 Å². The summed E-state index contributed by atoms with van der Waals surface area (Å²) in [6.07, 6.45) is 3.78. The molecular weight excluding hydrogens is 407 g/mol. The number of aryl methyl sites for hydroxylation is 1. The minimum Gasteiger partial charge on any atom is -0.351 e. The maximum Gasteiger partial charge on any atom is 0.275 e. The average Bonchev–Trinajstić information content (AvgIpc) is 3.22. The van der Waals surface area contributed by atoms with E-state index in [9.17, 15) is 14.0 Å². The summed E-state index contributed by atoms with van der Waals surface area (Å²) in [6, 6.07) is 13.2. The molecule has 1 aliphatic rings. The number of likely N-dealkylation sites (N-methyl/N-ethyl adjacent to an activating group) is 1. The molecule has 0 saturated heterocycles. The van der Waals surface area contributed by atoms with E-state index in [1.807, 2.05) is 63.5 Å². The molecule has 0 fully saturated rings. The Balaban J connectivity index is 1.76. The Morgan fingerprint density at radius 3 is 2.59 bits per heavy atom. The van der Waals surface area contributed by atoms with Gasteiger partial charge in [0.1, 0.15) is 11.5 Å². The van der Waals surface area contributed by atoms with Crippen LogP contribution in [0.15, 0.2) is 65.6 Å². The van der Waals surface area contributed by atoms with Crippen LogP contribution in [0.3, 0.4) is 0 Å². The predicted molar refractivity (Wildman–Crippen MR) is 124 cm³/mol. The van der Waals surface area contributed by atoms with Crippen LogP contribution in [0.2, 0.25) is 0 Å². The lowest BCUT2D eigenvalue weighted by Crippen LogP contribution is -2.46. The standard InChI is InChI=1S/C25H31FN4O2/c1-17-15-20(26)23(28-16-17)25(32)30(4)21(18(2)19-9-6-5-7-10-19)12-13-27-24(31)22-11-8-14-29(22)3/h5-11,14-15,17-18,21H,12-13,16H2,1-4H3,(H,27,31). The van der Waals surface area contributed by atoms with Crippen LogP contribution in [0.4, 0.5) is 4.39 Å². The highest BCUT2D eigenvalue weighted by Gasteiger charge is 2.31. The van der Waals surface area contributed by atoms with Crippen LogP contribution in [0.25, 0.3) is 0 Å². The van der Waals surface area contributed by atoms with Crippen molar-refractivity contribution in [1.29, 1.82) is 0 Å². The second-order valence-electron chi connectivity index (χ2n) is 8.41.